The van der Waals surface area contributed by atoms with Gasteiger partial charge >= 0.3 is 23.9 Å². The lowest BCUT2D eigenvalue weighted by molar-refractivity contribution is 0.0366. The molecule has 2 amide bonds. The number of aromatic carboxylic acids is 1. The molecular formula is C34H46N2O10. The fourth-order valence-electron chi connectivity index (χ4n) is 4.07. The quantitative estimate of drug-likeness (QED) is 0.223. The van der Waals surface area contributed by atoms with Crippen LogP contribution in [0.4, 0.5) is 0 Å². The van der Waals surface area contributed by atoms with E-state index in [-0.39, 0.29) is 64.0 Å². The number of amides is 2. The number of hydrogen-bond donors (Lipinski definition) is 1. The van der Waals surface area contributed by atoms with Gasteiger partial charge in [-0.15, -0.1) is 0 Å². The van der Waals surface area contributed by atoms with E-state index in [0.717, 1.165) is 12.8 Å². The molecule has 0 spiro atoms. The second kappa shape index (κ2) is 18.9. The number of carboxylic acid groups (broad SMARTS) is 1. The first kappa shape index (κ1) is 39.3. The summed E-state index contributed by atoms with van der Waals surface area (Å²) in [4.78, 5) is 75.1. The summed E-state index contributed by atoms with van der Waals surface area (Å²) in [6, 6.07) is 8.12. The Hall–Kier alpha value is -4.74. The molecule has 46 heavy (non-hydrogen) atoms. The summed E-state index contributed by atoms with van der Waals surface area (Å²) in [5.74, 6) is -3.60. The van der Waals surface area contributed by atoms with Crippen LogP contribution in [0.1, 0.15) is 123 Å². The van der Waals surface area contributed by atoms with E-state index in [2.05, 4.69) is 0 Å². The van der Waals surface area contributed by atoms with Gasteiger partial charge in [0, 0.05) is 38.3 Å². The molecule has 0 heterocycles. The van der Waals surface area contributed by atoms with E-state index < -0.39 is 23.9 Å². The predicted octanol–water partition coefficient (Wildman–Crippen LogP) is 5.34. The van der Waals surface area contributed by atoms with Gasteiger partial charge in [-0.1, -0.05) is 13.8 Å². The van der Waals surface area contributed by atoms with E-state index in [4.69, 9.17) is 19.3 Å². The molecule has 1 N–H and O–H groups in total. The van der Waals surface area contributed by atoms with E-state index >= 15 is 0 Å². The second-order valence-electron chi connectivity index (χ2n) is 11.0. The van der Waals surface area contributed by atoms with Gasteiger partial charge in [-0.05, 0) is 83.9 Å². The average Bonchev–Trinajstić information content (AvgIpc) is 2.99. The minimum atomic E-state index is -1.20. The van der Waals surface area contributed by atoms with Crippen LogP contribution >= 0.6 is 0 Å². The van der Waals surface area contributed by atoms with Gasteiger partial charge in [0.2, 0.25) is 0 Å². The van der Waals surface area contributed by atoms with Crippen LogP contribution in [0.3, 0.4) is 0 Å². The highest BCUT2D eigenvalue weighted by Crippen LogP contribution is 2.17. The molecule has 0 aliphatic carbocycles. The van der Waals surface area contributed by atoms with Crippen molar-refractivity contribution < 1.29 is 48.1 Å². The largest absolute Gasteiger partial charge is 0.478 e. The zero-order valence-electron chi connectivity index (χ0n) is 28.2. The van der Waals surface area contributed by atoms with Gasteiger partial charge in [-0.3, -0.25) is 9.59 Å². The number of hydrogen-bond acceptors (Lipinski definition) is 9. The first-order valence-corrected chi connectivity index (χ1v) is 15.2. The number of carbonyl (C=O) groups excluding carboxylic acids is 5. The Kier molecular flexibility index (Phi) is 16.2. The van der Waals surface area contributed by atoms with Crippen molar-refractivity contribution in [3.05, 3.63) is 69.8 Å². The van der Waals surface area contributed by atoms with Gasteiger partial charge < -0.3 is 29.1 Å². The Morgan fingerprint density at radius 2 is 0.913 bits per heavy atom. The van der Waals surface area contributed by atoms with Crippen LogP contribution < -0.4 is 0 Å². The molecule has 0 bridgehead atoms. The van der Waals surface area contributed by atoms with Crippen molar-refractivity contribution in [1.82, 2.24) is 9.80 Å². The molecule has 0 atom stereocenters. The molecule has 0 aliphatic rings. The minimum Gasteiger partial charge on any atom is -0.478 e. The molecule has 0 aromatic heterocycles. The lowest BCUT2D eigenvalue weighted by Gasteiger charge is -2.17. The third-order valence-corrected chi connectivity index (χ3v) is 6.09. The molecule has 0 fully saturated rings. The van der Waals surface area contributed by atoms with Crippen LogP contribution in [0.2, 0.25) is 0 Å². The highest BCUT2D eigenvalue weighted by atomic mass is 16.5. The summed E-state index contributed by atoms with van der Waals surface area (Å²) in [6.45, 7) is 13.8. The van der Waals surface area contributed by atoms with Gasteiger partial charge in [0.15, 0.2) is 0 Å². The lowest BCUT2D eigenvalue weighted by atomic mass is 10.0. The molecule has 252 valence electrons. The fraction of sp³-hybridized carbons (Fsp3) is 0.471. The van der Waals surface area contributed by atoms with Crippen molar-refractivity contribution in [2.75, 3.05) is 33.8 Å². The zero-order chi connectivity index (χ0) is 35.1. The average molecular weight is 643 g/mol. The molecule has 0 aliphatic heterocycles. The summed E-state index contributed by atoms with van der Waals surface area (Å²) in [5, 5.41) is 9.14. The molecule has 12 nitrogen and oxygen atoms in total. The Morgan fingerprint density at radius 1 is 0.587 bits per heavy atom. The lowest BCUT2D eigenvalue weighted by Crippen LogP contribution is -2.28. The van der Waals surface area contributed by atoms with Crippen LogP contribution in [0.25, 0.3) is 0 Å². The maximum Gasteiger partial charge on any atom is 0.338 e. The molecule has 0 unspecified atom stereocenters. The molecule has 0 saturated heterocycles. The summed E-state index contributed by atoms with van der Waals surface area (Å²) < 4.78 is 15.2. The van der Waals surface area contributed by atoms with Crippen molar-refractivity contribution in [2.24, 2.45) is 0 Å². The maximum atomic E-state index is 12.5. The first-order chi connectivity index (χ1) is 21.6. The number of esters is 3. The summed E-state index contributed by atoms with van der Waals surface area (Å²) in [7, 11) is 3.31. The van der Waals surface area contributed by atoms with Crippen LogP contribution in [-0.2, 0) is 14.2 Å². The van der Waals surface area contributed by atoms with Crippen molar-refractivity contribution >= 4 is 35.7 Å². The normalized spacial score (nSPS) is 10.4. The Morgan fingerprint density at radius 3 is 1.24 bits per heavy atom. The van der Waals surface area contributed by atoms with Crippen molar-refractivity contribution in [1.29, 1.82) is 0 Å². The van der Waals surface area contributed by atoms with Crippen LogP contribution in [0.5, 0.6) is 0 Å². The van der Waals surface area contributed by atoms with E-state index in [1.165, 1.54) is 41.3 Å². The molecule has 2 aromatic rings. The standard InChI is InChI=1S/C18H25NO5.C16H21NO5/c1-6-8-19(5)16(20)13-9-14(17(21)23-7-2)11-15(10-13)18(22)24-12(3)4;1-5-6-17(4)14(18)11-7-12(15(19)20)9-13(8-11)16(21)22-10(2)3/h9-12H,6-8H2,1-5H3;7-10H,5-6H2,1-4H3,(H,19,20). The van der Waals surface area contributed by atoms with Gasteiger partial charge in [-0.2, -0.15) is 0 Å². The summed E-state index contributed by atoms with van der Waals surface area (Å²) >= 11 is 0. The molecular weight excluding hydrogens is 596 g/mol. The minimum absolute atomic E-state index is 0.0573. The molecule has 0 radical (unpaired) electrons. The topological polar surface area (TPSA) is 157 Å². The van der Waals surface area contributed by atoms with E-state index in [9.17, 15) is 28.8 Å². The zero-order valence-corrected chi connectivity index (χ0v) is 28.2. The van der Waals surface area contributed by atoms with Crippen LogP contribution in [-0.4, -0.2) is 96.6 Å². The Bertz CT molecular complexity index is 1400. The Labute approximate surface area is 270 Å². The van der Waals surface area contributed by atoms with Crippen LogP contribution in [0.15, 0.2) is 36.4 Å². The number of benzene rings is 2. The van der Waals surface area contributed by atoms with Gasteiger partial charge in [0.1, 0.15) is 0 Å². The summed E-state index contributed by atoms with van der Waals surface area (Å²) in [5.41, 5.74) is 0.665. The fourth-order valence-corrected chi connectivity index (χ4v) is 4.07. The molecule has 2 aromatic carbocycles. The number of nitrogens with zero attached hydrogens (tertiary/aromatic N) is 2. The van der Waals surface area contributed by atoms with E-state index in [1.54, 1.807) is 53.6 Å². The molecule has 12 heteroatoms. The first-order valence-electron chi connectivity index (χ1n) is 15.2. The molecule has 0 saturated carbocycles. The number of ether oxygens (including phenoxy) is 3. The summed E-state index contributed by atoms with van der Waals surface area (Å²) in [6.07, 6.45) is 0.958. The molecule has 2 rings (SSSR count). The van der Waals surface area contributed by atoms with Gasteiger partial charge in [0.05, 0.1) is 41.1 Å². The van der Waals surface area contributed by atoms with E-state index in [1.807, 2.05) is 13.8 Å². The third kappa shape index (κ3) is 12.3. The predicted molar refractivity (Wildman–Crippen MR) is 171 cm³/mol. The SMILES string of the molecule is CCCN(C)C(=O)c1cc(C(=O)O)cc(C(=O)OC(C)C)c1.CCCN(C)C(=O)c1cc(C(=O)OCC)cc(C(=O)OC(C)C)c1. The number of carboxylic acids is 1. The highest BCUT2D eigenvalue weighted by Gasteiger charge is 2.21. The second-order valence-corrected chi connectivity index (χ2v) is 11.0. The number of rotatable bonds is 13. The monoisotopic (exact) mass is 642 g/mol. The van der Waals surface area contributed by atoms with Crippen molar-refractivity contribution in [3.8, 4) is 0 Å². The maximum absolute atomic E-state index is 12.5. The Balaban J connectivity index is 0.000000462. The van der Waals surface area contributed by atoms with Gasteiger partial charge in [0.25, 0.3) is 11.8 Å². The smallest absolute Gasteiger partial charge is 0.338 e. The van der Waals surface area contributed by atoms with Crippen molar-refractivity contribution in [3.63, 3.8) is 0 Å². The van der Waals surface area contributed by atoms with Crippen LogP contribution in [0, 0.1) is 0 Å². The van der Waals surface area contributed by atoms with E-state index in [0.29, 0.717) is 13.1 Å². The highest BCUT2D eigenvalue weighted by molar-refractivity contribution is 6.03. The van der Waals surface area contributed by atoms with Gasteiger partial charge in [-0.25, -0.2) is 19.2 Å². The third-order valence-electron chi connectivity index (χ3n) is 6.09. The van der Waals surface area contributed by atoms with Crippen molar-refractivity contribution in [2.45, 2.75) is 73.5 Å². The number of carbonyl (C=O) groups is 6.